The van der Waals surface area contributed by atoms with Gasteiger partial charge in [0.05, 0.1) is 25.3 Å². The maximum absolute atomic E-state index is 12.7. The number of carbonyl (C=O) groups is 4. The second-order valence-corrected chi connectivity index (χ2v) is 6.89. The zero-order valence-electron chi connectivity index (χ0n) is 16.3. The number of hydrogen-bond donors (Lipinski definition) is 1. The zero-order valence-corrected chi connectivity index (χ0v) is 16.3. The van der Waals surface area contributed by atoms with Crippen molar-refractivity contribution in [1.29, 1.82) is 0 Å². The van der Waals surface area contributed by atoms with Crippen LogP contribution in [0.4, 0.5) is 5.69 Å². The Morgan fingerprint density at radius 1 is 1.00 bits per heavy atom. The van der Waals surface area contributed by atoms with E-state index in [2.05, 4.69) is 5.32 Å². The summed E-state index contributed by atoms with van der Waals surface area (Å²) in [4.78, 5) is 49.3. The minimum absolute atomic E-state index is 0.000165. The number of hydrogen-bond acceptors (Lipinski definition) is 5. The Hall–Kier alpha value is -3.48. The van der Waals surface area contributed by atoms with Crippen molar-refractivity contribution in [2.24, 2.45) is 0 Å². The Kier molecular flexibility index (Phi) is 6.07. The molecule has 1 saturated heterocycles. The van der Waals surface area contributed by atoms with Crippen LogP contribution in [0.3, 0.4) is 0 Å². The highest BCUT2D eigenvalue weighted by Crippen LogP contribution is 2.24. The summed E-state index contributed by atoms with van der Waals surface area (Å²) in [5, 5.41) is 2.85. The smallest absolute Gasteiger partial charge is 0.307 e. The third-order valence-corrected chi connectivity index (χ3v) is 4.82. The lowest BCUT2D eigenvalue weighted by Gasteiger charge is -2.19. The minimum Gasteiger partial charge on any atom is -0.469 e. The first-order valence-electron chi connectivity index (χ1n) is 9.29. The number of nitrogens with one attached hydrogen (secondary N) is 1. The summed E-state index contributed by atoms with van der Waals surface area (Å²) in [5.41, 5.74) is 2.66. The normalized spacial score (nSPS) is 14.6. The number of benzene rings is 2. The first-order valence-corrected chi connectivity index (χ1v) is 9.29. The van der Waals surface area contributed by atoms with Gasteiger partial charge in [-0.3, -0.25) is 24.1 Å². The quantitative estimate of drug-likeness (QED) is 0.601. The highest BCUT2D eigenvalue weighted by atomic mass is 16.5. The second kappa shape index (κ2) is 8.68. The van der Waals surface area contributed by atoms with Gasteiger partial charge in [0.1, 0.15) is 0 Å². The van der Waals surface area contributed by atoms with Gasteiger partial charge in [0.25, 0.3) is 5.91 Å². The Balaban J connectivity index is 1.76. The van der Waals surface area contributed by atoms with Crippen molar-refractivity contribution >= 4 is 29.4 Å². The maximum atomic E-state index is 12.7. The highest BCUT2D eigenvalue weighted by molar-refractivity contribution is 6.19. The first kappa shape index (κ1) is 20.3. The van der Waals surface area contributed by atoms with Gasteiger partial charge in [0.2, 0.25) is 11.8 Å². The van der Waals surface area contributed by atoms with Crippen molar-refractivity contribution in [3.8, 4) is 0 Å². The molecule has 1 aliphatic heterocycles. The zero-order chi connectivity index (χ0) is 21.0. The van der Waals surface area contributed by atoms with Gasteiger partial charge >= 0.3 is 5.97 Å². The average Bonchev–Trinajstić information content (AvgIpc) is 3.06. The number of aryl methyl sites for hydroxylation is 1. The summed E-state index contributed by atoms with van der Waals surface area (Å²) in [6, 6.07) is 13.2. The highest BCUT2D eigenvalue weighted by Gasteiger charge is 2.30. The molecule has 3 rings (SSSR count). The Bertz CT molecular complexity index is 919. The fraction of sp³-hybridized carbons (Fsp3) is 0.273. The molecule has 1 heterocycles. The van der Waals surface area contributed by atoms with Crippen LogP contribution in [0.1, 0.15) is 46.8 Å². The maximum Gasteiger partial charge on any atom is 0.307 e. The van der Waals surface area contributed by atoms with Gasteiger partial charge in [-0.25, -0.2) is 0 Å². The molecule has 29 heavy (non-hydrogen) atoms. The molecule has 0 spiro atoms. The SMILES string of the molecule is COC(=O)CC(NC(=O)c1ccc(N2C(=O)CCC2=O)cc1)c1ccc(C)cc1. The van der Waals surface area contributed by atoms with Gasteiger partial charge in [-0.05, 0) is 36.8 Å². The van der Waals surface area contributed by atoms with Gasteiger partial charge in [-0.15, -0.1) is 0 Å². The van der Waals surface area contributed by atoms with E-state index in [1.54, 1.807) is 24.3 Å². The molecule has 1 fully saturated rings. The molecule has 0 radical (unpaired) electrons. The van der Waals surface area contributed by atoms with E-state index in [9.17, 15) is 19.2 Å². The van der Waals surface area contributed by atoms with Crippen LogP contribution in [0.5, 0.6) is 0 Å². The van der Waals surface area contributed by atoms with E-state index in [4.69, 9.17) is 4.74 Å². The largest absolute Gasteiger partial charge is 0.469 e. The molecule has 2 aromatic carbocycles. The van der Waals surface area contributed by atoms with E-state index in [1.165, 1.54) is 7.11 Å². The van der Waals surface area contributed by atoms with E-state index >= 15 is 0 Å². The summed E-state index contributed by atoms with van der Waals surface area (Å²) in [6.07, 6.45) is 0.403. The fourth-order valence-corrected chi connectivity index (χ4v) is 3.17. The molecule has 0 aliphatic carbocycles. The van der Waals surface area contributed by atoms with E-state index in [0.29, 0.717) is 11.3 Å². The van der Waals surface area contributed by atoms with Crippen LogP contribution in [0.25, 0.3) is 0 Å². The number of rotatable bonds is 6. The lowest BCUT2D eigenvalue weighted by molar-refractivity contribution is -0.141. The van der Waals surface area contributed by atoms with E-state index in [1.807, 2.05) is 31.2 Å². The molecule has 7 heteroatoms. The van der Waals surface area contributed by atoms with Gasteiger partial charge in [-0.1, -0.05) is 29.8 Å². The summed E-state index contributed by atoms with van der Waals surface area (Å²) in [7, 11) is 1.30. The van der Waals surface area contributed by atoms with Crippen molar-refractivity contribution in [2.75, 3.05) is 12.0 Å². The fourth-order valence-electron chi connectivity index (χ4n) is 3.17. The van der Waals surface area contributed by atoms with E-state index < -0.39 is 12.0 Å². The van der Waals surface area contributed by atoms with E-state index in [-0.39, 0.29) is 37.0 Å². The summed E-state index contributed by atoms with van der Waals surface area (Å²) in [6.45, 7) is 1.95. The molecule has 3 amide bonds. The first-order chi connectivity index (χ1) is 13.9. The van der Waals surface area contributed by atoms with Crippen molar-refractivity contribution in [2.45, 2.75) is 32.2 Å². The molecule has 1 aliphatic rings. The van der Waals surface area contributed by atoms with Crippen LogP contribution in [0.15, 0.2) is 48.5 Å². The number of imide groups is 1. The number of methoxy groups -OCH3 is 1. The van der Waals surface area contributed by atoms with Gasteiger partial charge in [0, 0.05) is 18.4 Å². The lowest BCUT2D eigenvalue weighted by atomic mass is 10.0. The predicted octanol–water partition coefficient (Wildman–Crippen LogP) is 2.68. The number of esters is 1. The summed E-state index contributed by atoms with van der Waals surface area (Å²) >= 11 is 0. The van der Waals surface area contributed by atoms with Gasteiger partial charge < -0.3 is 10.1 Å². The van der Waals surface area contributed by atoms with Crippen LogP contribution in [0.2, 0.25) is 0 Å². The number of amides is 3. The third-order valence-electron chi connectivity index (χ3n) is 4.82. The Morgan fingerprint density at radius 2 is 1.59 bits per heavy atom. The Morgan fingerprint density at radius 3 is 2.14 bits per heavy atom. The van der Waals surface area contributed by atoms with Crippen molar-refractivity contribution in [1.82, 2.24) is 5.32 Å². The molecule has 0 aromatic heterocycles. The van der Waals surface area contributed by atoms with Crippen LogP contribution >= 0.6 is 0 Å². The van der Waals surface area contributed by atoms with Crippen LogP contribution in [0, 0.1) is 6.92 Å². The number of nitrogens with zero attached hydrogens (tertiary/aromatic N) is 1. The Labute approximate surface area is 168 Å². The van der Waals surface area contributed by atoms with Crippen LogP contribution < -0.4 is 10.2 Å². The molecule has 0 saturated carbocycles. The summed E-state index contributed by atoms with van der Waals surface area (Å²) in [5.74, 6) is -1.29. The number of ether oxygens (including phenoxy) is 1. The summed E-state index contributed by atoms with van der Waals surface area (Å²) < 4.78 is 4.75. The third kappa shape index (κ3) is 4.68. The number of carbonyl (C=O) groups excluding carboxylic acids is 4. The van der Waals surface area contributed by atoms with E-state index in [0.717, 1.165) is 16.0 Å². The average molecular weight is 394 g/mol. The molecular formula is C22H22N2O5. The predicted molar refractivity (Wildman–Crippen MR) is 106 cm³/mol. The van der Waals surface area contributed by atoms with Gasteiger partial charge in [0.15, 0.2) is 0 Å². The molecular weight excluding hydrogens is 372 g/mol. The molecule has 1 atom stereocenters. The van der Waals surface area contributed by atoms with Crippen molar-refractivity contribution < 1.29 is 23.9 Å². The van der Waals surface area contributed by atoms with Gasteiger partial charge in [-0.2, -0.15) is 0 Å². The number of anilines is 1. The molecule has 7 nitrogen and oxygen atoms in total. The molecule has 150 valence electrons. The standard InChI is InChI=1S/C22H22N2O5/c1-14-3-5-15(6-4-14)18(13-21(27)29-2)23-22(28)16-7-9-17(10-8-16)24-19(25)11-12-20(24)26/h3-10,18H,11-13H2,1-2H3,(H,23,28). The van der Waals surface area contributed by atoms with Crippen molar-refractivity contribution in [3.63, 3.8) is 0 Å². The minimum atomic E-state index is -0.544. The molecule has 1 N–H and O–H groups in total. The lowest BCUT2D eigenvalue weighted by Crippen LogP contribution is -2.31. The molecule has 0 bridgehead atoms. The monoisotopic (exact) mass is 394 g/mol. The molecule has 2 aromatic rings. The van der Waals surface area contributed by atoms with Crippen LogP contribution in [-0.2, 0) is 19.1 Å². The molecule has 1 unspecified atom stereocenters. The van der Waals surface area contributed by atoms with Crippen LogP contribution in [-0.4, -0.2) is 30.8 Å². The second-order valence-electron chi connectivity index (χ2n) is 6.89. The topological polar surface area (TPSA) is 92.8 Å². The van der Waals surface area contributed by atoms with Crippen molar-refractivity contribution in [3.05, 3.63) is 65.2 Å².